The van der Waals surface area contributed by atoms with Crippen LogP contribution in [0.2, 0.25) is 5.02 Å². The molecule has 0 aliphatic heterocycles. The molecule has 0 spiro atoms. The molecule has 2 rings (SSSR count). The Bertz CT molecular complexity index is 607. The van der Waals surface area contributed by atoms with Crippen LogP contribution in [0.1, 0.15) is 45.6 Å². The molecule has 6 heteroatoms. The lowest BCUT2D eigenvalue weighted by Crippen LogP contribution is -2.50. The normalized spacial score (nSPS) is 16.0. The molecule has 0 radical (unpaired) electrons. The Morgan fingerprint density at radius 1 is 1.21 bits per heavy atom. The highest BCUT2D eigenvalue weighted by atomic mass is 35.5. The van der Waals surface area contributed by atoms with Gasteiger partial charge in [-0.3, -0.25) is 4.79 Å². The van der Waals surface area contributed by atoms with Crippen LogP contribution in [0.15, 0.2) is 24.3 Å². The fraction of sp³-hybridized carbons (Fsp3) is 0.556. The standard InChI is InChI=1S/C18H25ClN2O3/c1-17(2,3)24-16(23)21-11-10-20-15(22)18(8-5-9-18)13-6-4-7-14(19)12-13/h4,6-7,12H,5,8-11H2,1-3H3,(H,20,22)(H,21,23). The number of hydrogen-bond donors (Lipinski definition) is 2. The molecular weight excluding hydrogens is 328 g/mol. The molecule has 5 nitrogen and oxygen atoms in total. The first kappa shape index (κ1) is 18.6. The molecular formula is C18H25ClN2O3. The molecule has 1 aromatic carbocycles. The Kier molecular flexibility index (Phi) is 5.75. The quantitative estimate of drug-likeness (QED) is 0.798. The Hall–Kier alpha value is -1.75. The second-order valence-electron chi connectivity index (χ2n) is 7.13. The van der Waals surface area contributed by atoms with Crippen LogP contribution in [0.25, 0.3) is 0 Å². The summed E-state index contributed by atoms with van der Waals surface area (Å²) in [6, 6.07) is 7.48. The van der Waals surface area contributed by atoms with Gasteiger partial charge in [-0.2, -0.15) is 0 Å². The molecule has 132 valence electrons. The highest BCUT2D eigenvalue weighted by molar-refractivity contribution is 6.30. The van der Waals surface area contributed by atoms with Crippen molar-refractivity contribution in [3.63, 3.8) is 0 Å². The largest absolute Gasteiger partial charge is 0.444 e. The second-order valence-corrected chi connectivity index (χ2v) is 7.57. The Morgan fingerprint density at radius 3 is 2.42 bits per heavy atom. The minimum atomic E-state index is -0.532. The van der Waals surface area contributed by atoms with Gasteiger partial charge in [-0.05, 0) is 51.3 Å². The molecule has 24 heavy (non-hydrogen) atoms. The van der Waals surface area contributed by atoms with E-state index in [9.17, 15) is 9.59 Å². The van der Waals surface area contributed by atoms with Gasteiger partial charge < -0.3 is 15.4 Å². The Balaban J connectivity index is 1.84. The lowest BCUT2D eigenvalue weighted by molar-refractivity contribution is -0.129. The first-order valence-electron chi connectivity index (χ1n) is 8.24. The summed E-state index contributed by atoms with van der Waals surface area (Å²) < 4.78 is 5.15. The van der Waals surface area contributed by atoms with Crippen LogP contribution in [0.4, 0.5) is 4.79 Å². The third kappa shape index (κ3) is 4.63. The van der Waals surface area contributed by atoms with E-state index in [-0.39, 0.29) is 5.91 Å². The van der Waals surface area contributed by atoms with Crippen LogP contribution in [0.5, 0.6) is 0 Å². The topological polar surface area (TPSA) is 67.4 Å². The zero-order valence-electron chi connectivity index (χ0n) is 14.4. The van der Waals surface area contributed by atoms with Gasteiger partial charge in [0.15, 0.2) is 0 Å². The molecule has 1 saturated carbocycles. The van der Waals surface area contributed by atoms with Gasteiger partial charge in [0, 0.05) is 18.1 Å². The van der Waals surface area contributed by atoms with Gasteiger partial charge in [-0.25, -0.2) is 4.79 Å². The van der Waals surface area contributed by atoms with E-state index in [0.717, 1.165) is 24.8 Å². The summed E-state index contributed by atoms with van der Waals surface area (Å²) in [5, 5.41) is 6.18. The number of benzene rings is 1. The smallest absolute Gasteiger partial charge is 0.407 e. The van der Waals surface area contributed by atoms with Crippen LogP contribution in [-0.2, 0) is 14.9 Å². The van der Waals surface area contributed by atoms with Crippen molar-refractivity contribution in [3.8, 4) is 0 Å². The van der Waals surface area contributed by atoms with E-state index in [0.29, 0.717) is 18.1 Å². The molecule has 0 bridgehead atoms. The van der Waals surface area contributed by atoms with Crippen molar-refractivity contribution in [1.29, 1.82) is 0 Å². The van der Waals surface area contributed by atoms with Gasteiger partial charge in [0.05, 0.1) is 5.41 Å². The molecule has 1 aliphatic carbocycles. The van der Waals surface area contributed by atoms with E-state index in [2.05, 4.69) is 10.6 Å². The zero-order chi connectivity index (χ0) is 17.8. The number of rotatable bonds is 5. The van der Waals surface area contributed by atoms with Gasteiger partial charge in [0.1, 0.15) is 5.60 Å². The summed E-state index contributed by atoms with van der Waals surface area (Å²) in [5.41, 5.74) is -0.0638. The highest BCUT2D eigenvalue weighted by Gasteiger charge is 2.45. The van der Waals surface area contributed by atoms with Crippen molar-refractivity contribution in [2.75, 3.05) is 13.1 Å². The molecule has 1 aliphatic rings. The third-order valence-corrected chi connectivity index (χ3v) is 4.33. The van der Waals surface area contributed by atoms with E-state index in [1.54, 1.807) is 26.8 Å². The van der Waals surface area contributed by atoms with Crippen molar-refractivity contribution in [1.82, 2.24) is 10.6 Å². The van der Waals surface area contributed by atoms with Crippen molar-refractivity contribution in [2.45, 2.75) is 51.0 Å². The molecule has 0 atom stereocenters. The van der Waals surface area contributed by atoms with Crippen molar-refractivity contribution in [2.24, 2.45) is 0 Å². The average molecular weight is 353 g/mol. The lowest BCUT2D eigenvalue weighted by atomic mass is 9.64. The summed E-state index contributed by atoms with van der Waals surface area (Å²) in [6.07, 6.45) is 2.18. The number of amides is 2. The van der Waals surface area contributed by atoms with Crippen LogP contribution in [-0.4, -0.2) is 30.7 Å². The molecule has 1 fully saturated rings. The molecule has 0 aromatic heterocycles. The molecule has 0 heterocycles. The minimum absolute atomic E-state index is 0.0120. The number of carbonyl (C=O) groups excluding carboxylic acids is 2. The number of halogens is 1. The predicted octanol–water partition coefficient (Wildman–Crippen LogP) is 3.40. The second kappa shape index (κ2) is 7.43. The maximum absolute atomic E-state index is 12.6. The summed E-state index contributed by atoms with van der Waals surface area (Å²) in [5.74, 6) is -0.0120. The summed E-state index contributed by atoms with van der Waals surface area (Å²) in [7, 11) is 0. The number of alkyl carbamates (subject to hydrolysis) is 1. The SMILES string of the molecule is CC(C)(C)OC(=O)NCCNC(=O)C1(c2cccc(Cl)c2)CCC1. The predicted molar refractivity (Wildman–Crippen MR) is 94.2 cm³/mol. The van der Waals surface area contributed by atoms with Crippen molar-refractivity contribution in [3.05, 3.63) is 34.9 Å². The van der Waals surface area contributed by atoms with Gasteiger partial charge in [-0.1, -0.05) is 30.2 Å². The molecule has 0 unspecified atom stereocenters. The highest BCUT2D eigenvalue weighted by Crippen LogP contribution is 2.44. The minimum Gasteiger partial charge on any atom is -0.444 e. The summed E-state index contributed by atoms with van der Waals surface area (Å²) in [4.78, 5) is 24.2. The van der Waals surface area contributed by atoms with E-state index in [4.69, 9.17) is 16.3 Å². The number of ether oxygens (including phenoxy) is 1. The van der Waals surface area contributed by atoms with Crippen molar-refractivity contribution >= 4 is 23.6 Å². The summed E-state index contributed by atoms with van der Waals surface area (Å²) >= 11 is 6.06. The Morgan fingerprint density at radius 2 is 1.88 bits per heavy atom. The van der Waals surface area contributed by atoms with Gasteiger partial charge in [-0.15, -0.1) is 0 Å². The number of hydrogen-bond acceptors (Lipinski definition) is 3. The molecule has 1 aromatic rings. The monoisotopic (exact) mass is 352 g/mol. The van der Waals surface area contributed by atoms with E-state index < -0.39 is 17.1 Å². The fourth-order valence-electron chi connectivity index (χ4n) is 2.79. The Labute approximate surface area is 148 Å². The van der Waals surface area contributed by atoms with Gasteiger partial charge in [0.2, 0.25) is 5.91 Å². The first-order chi connectivity index (χ1) is 11.2. The van der Waals surface area contributed by atoms with Gasteiger partial charge >= 0.3 is 6.09 Å². The third-order valence-electron chi connectivity index (χ3n) is 4.10. The van der Waals surface area contributed by atoms with E-state index in [1.165, 1.54) is 0 Å². The molecule has 2 amide bonds. The molecule has 2 N–H and O–H groups in total. The van der Waals surface area contributed by atoms with E-state index in [1.807, 2.05) is 18.2 Å². The van der Waals surface area contributed by atoms with Crippen molar-refractivity contribution < 1.29 is 14.3 Å². The maximum atomic E-state index is 12.6. The van der Waals surface area contributed by atoms with E-state index >= 15 is 0 Å². The molecule has 0 saturated heterocycles. The lowest BCUT2D eigenvalue weighted by Gasteiger charge is -2.40. The van der Waals surface area contributed by atoms with Gasteiger partial charge in [0.25, 0.3) is 0 Å². The zero-order valence-corrected chi connectivity index (χ0v) is 15.2. The fourth-order valence-corrected chi connectivity index (χ4v) is 2.98. The first-order valence-corrected chi connectivity index (χ1v) is 8.62. The number of nitrogens with one attached hydrogen (secondary N) is 2. The van der Waals surface area contributed by atoms with Crippen LogP contribution < -0.4 is 10.6 Å². The van der Waals surface area contributed by atoms with Crippen LogP contribution in [0.3, 0.4) is 0 Å². The summed E-state index contributed by atoms with van der Waals surface area (Å²) in [6.45, 7) is 6.10. The number of carbonyl (C=O) groups is 2. The maximum Gasteiger partial charge on any atom is 0.407 e. The van der Waals surface area contributed by atoms with Crippen LogP contribution >= 0.6 is 11.6 Å². The average Bonchev–Trinajstić information content (AvgIpc) is 2.40. The van der Waals surface area contributed by atoms with Crippen LogP contribution in [0, 0.1) is 0 Å².